The summed E-state index contributed by atoms with van der Waals surface area (Å²) in [4.78, 5) is 14.4. The van der Waals surface area contributed by atoms with Crippen LogP contribution in [0.3, 0.4) is 0 Å². The molecule has 2 rings (SSSR count). The molecular weight excluding hydrogens is 206 g/mol. The third-order valence-electron chi connectivity index (χ3n) is 1.83. The minimum absolute atomic E-state index is 0.281. The van der Waals surface area contributed by atoms with Gasteiger partial charge in [0.1, 0.15) is 5.52 Å². The van der Waals surface area contributed by atoms with Crippen LogP contribution in [0.4, 0.5) is 0 Å². The number of carbonyl (C=O) groups is 1. The molecule has 0 amide bonds. The van der Waals surface area contributed by atoms with Gasteiger partial charge < -0.3 is 9.52 Å². The quantitative estimate of drug-likeness (QED) is 0.774. The summed E-state index contributed by atoms with van der Waals surface area (Å²) in [6.45, 7) is 0. The lowest BCUT2D eigenvalue weighted by molar-refractivity contribution is 0.0656. The lowest BCUT2D eigenvalue weighted by atomic mass is 10.2. The molecule has 4 nitrogen and oxygen atoms in total. The van der Waals surface area contributed by atoms with E-state index in [9.17, 15) is 4.79 Å². The number of aromatic carboxylic acids is 1. The number of oxazole rings is 1. The minimum Gasteiger partial charge on any atom is -0.474 e. The van der Waals surface area contributed by atoms with E-state index in [-0.39, 0.29) is 11.8 Å². The number of carboxylic acids is 1. The second-order valence-corrected chi connectivity index (χ2v) is 2.99. The molecule has 2 aromatic rings. The van der Waals surface area contributed by atoms with Crippen molar-refractivity contribution in [2.45, 2.75) is 5.88 Å². The summed E-state index contributed by atoms with van der Waals surface area (Å²) in [6, 6.07) is 5.19. The van der Waals surface area contributed by atoms with Gasteiger partial charge in [0.05, 0.1) is 0 Å². The first-order valence-electron chi connectivity index (χ1n) is 3.90. The van der Waals surface area contributed by atoms with Gasteiger partial charge in [0.15, 0.2) is 5.58 Å². The fraction of sp³-hybridized carbons (Fsp3) is 0.111. The molecule has 0 atom stereocenters. The van der Waals surface area contributed by atoms with E-state index in [1.165, 1.54) is 0 Å². The third kappa shape index (κ3) is 1.33. The van der Waals surface area contributed by atoms with Crippen LogP contribution in [0.2, 0.25) is 0 Å². The summed E-state index contributed by atoms with van der Waals surface area (Å²) in [5, 5.41) is 8.66. The van der Waals surface area contributed by atoms with Crippen LogP contribution in [0.1, 0.15) is 16.2 Å². The molecule has 0 fully saturated rings. The number of hydrogen-bond acceptors (Lipinski definition) is 3. The highest BCUT2D eigenvalue weighted by Crippen LogP contribution is 2.20. The Morgan fingerprint density at radius 2 is 2.36 bits per heavy atom. The first-order valence-corrected chi connectivity index (χ1v) is 4.43. The number of fused-ring (bicyclic) bond motifs is 1. The molecule has 1 heterocycles. The zero-order valence-corrected chi connectivity index (χ0v) is 7.78. The average molecular weight is 212 g/mol. The molecule has 0 saturated carbocycles. The van der Waals surface area contributed by atoms with Crippen LogP contribution < -0.4 is 0 Å². The monoisotopic (exact) mass is 211 g/mol. The zero-order valence-electron chi connectivity index (χ0n) is 7.03. The van der Waals surface area contributed by atoms with Crippen molar-refractivity contribution in [1.29, 1.82) is 0 Å². The van der Waals surface area contributed by atoms with E-state index in [1.54, 1.807) is 18.2 Å². The van der Waals surface area contributed by atoms with Crippen LogP contribution >= 0.6 is 11.6 Å². The SMILES string of the molecule is O=C(O)c1nc2c(CCl)cccc2o1. The van der Waals surface area contributed by atoms with Gasteiger partial charge >= 0.3 is 11.9 Å². The maximum absolute atomic E-state index is 10.6. The molecule has 1 aromatic carbocycles. The van der Waals surface area contributed by atoms with Gasteiger partial charge in [-0.2, -0.15) is 0 Å². The lowest BCUT2D eigenvalue weighted by Crippen LogP contribution is -1.95. The number of alkyl halides is 1. The van der Waals surface area contributed by atoms with Crippen LogP contribution in [0.15, 0.2) is 22.6 Å². The molecule has 14 heavy (non-hydrogen) atoms. The number of aromatic nitrogens is 1. The van der Waals surface area contributed by atoms with E-state index < -0.39 is 5.97 Å². The van der Waals surface area contributed by atoms with Crippen molar-refractivity contribution in [3.8, 4) is 0 Å². The van der Waals surface area contributed by atoms with Crippen LogP contribution in [-0.4, -0.2) is 16.1 Å². The molecule has 0 saturated heterocycles. The Hall–Kier alpha value is -1.55. The Kier molecular flexibility index (Phi) is 2.13. The number of halogens is 1. The predicted molar refractivity (Wildman–Crippen MR) is 50.5 cm³/mol. The highest BCUT2D eigenvalue weighted by atomic mass is 35.5. The van der Waals surface area contributed by atoms with E-state index in [2.05, 4.69) is 4.98 Å². The molecule has 0 aliphatic carbocycles. The maximum Gasteiger partial charge on any atom is 0.392 e. The van der Waals surface area contributed by atoms with Crippen LogP contribution in [0.5, 0.6) is 0 Å². The maximum atomic E-state index is 10.6. The van der Waals surface area contributed by atoms with E-state index in [4.69, 9.17) is 21.1 Å². The van der Waals surface area contributed by atoms with Gasteiger partial charge in [-0.05, 0) is 11.6 Å². The number of nitrogens with zero attached hydrogens (tertiary/aromatic N) is 1. The average Bonchev–Trinajstić information content (AvgIpc) is 2.60. The van der Waals surface area contributed by atoms with E-state index >= 15 is 0 Å². The molecule has 1 N–H and O–H groups in total. The highest BCUT2D eigenvalue weighted by molar-refractivity contribution is 6.17. The third-order valence-corrected chi connectivity index (χ3v) is 2.12. The minimum atomic E-state index is -1.18. The predicted octanol–water partition coefficient (Wildman–Crippen LogP) is 2.26. The van der Waals surface area contributed by atoms with Gasteiger partial charge in [-0.15, -0.1) is 11.6 Å². The van der Waals surface area contributed by atoms with Crippen LogP contribution in [0, 0.1) is 0 Å². The number of hydrogen-bond donors (Lipinski definition) is 1. The zero-order chi connectivity index (χ0) is 10.1. The first kappa shape index (κ1) is 9.02. The van der Waals surface area contributed by atoms with Gasteiger partial charge in [-0.25, -0.2) is 9.78 Å². The molecule has 0 aliphatic rings. The molecule has 0 aliphatic heterocycles. The fourth-order valence-corrected chi connectivity index (χ4v) is 1.42. The molecule has 72 valence electrons. The van der Waals surface area contributed by atoms with Gasteiger partial charge in [0.25, 0.3) is 0 Å². The normalized spacial score (nSPS) is 10.6. The summed E-state index contributed by atoms with van der Waals surface area (Å²) in [5.74, 6) is -1.21. The van der Waals surface area contributed by atoms with Crippen molar-refractivity contribution in [2.75, 3.05) is 0 Å². The lowest BCUT2D eigenvalue weighted by Gasteiger charge is -1.92. The molecular formula is C9H6ClNO3. The summed E-state index contributed by atoms with van der Waals surface area (Å²) >= 11 is 5.67. The molecule has 0 bridgehead atoms. The Bertz CT molecular complexity index is 492. The van der Waals surface area contributed by atoms with Crippen LogP contribution in [-0.2, 0) is 5.88 Å². The Morgan fingerprint density at radius 1 is 1.57 bits per heavy atom. The number of benzene rings is 1. The topological polar surface area (TPSA) is 63.3 Å². The summed E-state index contributed by atoms with van der Waals surface area (Å²) < 4.78 is 5.00. The van der Waals surface area contributed by atoms with Gasteiger partial charge in [-0.1, -0.05) is 12.1 Å². The molecule has 1 aromatic heterocycles. The summed E-state index contributed by atoms with van der Waals surface area (Å²) in [6.07, 6.45) is 0. The second-order valence-electron chi connectivity index (χ2n) is 2.72. The van der Waals surface area contributed by atoms with Crippen molar-refractivity contribution in [1.82, 2.24) is 4.98 Å². The molecule has 0 radical (unpaired) electrons. The largest absolute Gasteiger partial charge is 0.474 e. The van der Waals surface area contributed by atoms with E-state index in [1.807, 2.05) is 0 Å². The summed E-state index contributed by atoms with van der Waals surface area (Å²) in [7, 11) is 0. The van der Waals surface area contributed by atoms with Crippen molar-refractivity contribution in [3.63, 3.8) is 0 Å². The standard InChI is InChI=1S/C9H6ClNO3/c10-4-5-2-1-3-6-7(5)11-8(14-6)9(12)13/h1-3H,4H2,(H,12,13). The smallest absolute Gasteiger partial charge is 0.392 e. The highest BCUT2D eigenvalue weighted by Gasteiger charge is 2.14. The summed E-state index contributed by atoms with van der Waals surface area (Å²) in [5.41, 5.74) is 1.72. The van der Waals surface area contributed by atoms with Gasteiger partial charge in [0.2, 0.25) is 0 Å². The molecule has 0 spiro atoms. The van der Waals surface area contributed by atoms with Crippen LogP contribution in [0.25, 0.3) is 11.1 Å². The van der Waals surface area contributed by atoms with E-state index in [0.29, 0.717) is 11.1 Å². The van der Waals surface area contributed by atoms with Crippen molar-refractivity contribution >= 4 is 28.7 Å². The molecule has 0 unspecified atom stereocenters. The first-order chi connectivity index (χ1) is 6.72. The van der Waals surface area contributed by atoms with Crippen molar-refractivity contribution in [3.05, 3.63) is 29.7 Å². The van der Waals surface area contributed by atoms with Crippen molar-refractivity contribution in [2.24, 2.45) is 0 Å². The Morgan fingerprint density at radius 3 is 3.00 bits per heavy atom. The Labute approximate surface area is 84.1 Å². The fourth-order valence-electron chi connectivity index (χ4n) is 1.20. The van der Waals surface area contributed by atoms with E-state index in [0.717, 1.165) is 5.56 Å². The van der Waals surface area contributed by atoms with Gasteiger partial charge in [-0.3, -0.25) is 0 Å². The second kappa shape index (κ2) is 3.31. The number of para-hydroxylation sites is 1. The Balaban J connectivity index is 2.70. The number of carboxylic acid groups (broad SMARTS) is 1. The van der Waals surface area contributed by atoms with Crippen molar-refractivity contribution < 1.29 is 14.3 Å². The number of rotatable bonds is 2. The molecule has 5 heteroatoms. The van der Waals surface area contributed by atoms with Gasteiger partial charge in [0, 0.05) is 5.88 Å².